The third kappa shape index (κ3) is 2.45. The zero-order valence-corrected chi connectivity index (χ0v) is 7.01. The summed E-state index contributed by atoms with van der Waals surface area (Å²) in [6.45, 7) is 5.73. The highest BCUT2D eigenvalue weighted by Gasteiger charge is 2.04. The molecular weight excluding hydrogens is 142 g/mol. The molecule has 0 atom stereocenters. The van der Waals surface area contributed by atoms with E-state index in [1.807, 2.05) is 13.8 Å². The van der Waals surface area contributed by atoms with Crippen LogP contribution in [0.3, 0.4) is 0 Å². The van der Waals surface area contributed by atoms with Crippen LogP contribution in [0.25, 0.3) is 0 Å². The molecule has 0 aliphatic carbocycles. The van der Waals surface area contributed by atoms with Crippen molar-refractivity contribution < 1.29 is 9.90 Å². The molecule has 0 radical (unpaired) electrons. The zero-order chi connectivity index (χ0) is 8.85. The highest BCUT2D eigenvalue weighted by atomic mass is 16.4. The van der Waals surface area contributed by atoms with Gasteiger partial charge in [-0.05, 0) is 13.0 Å². The second-order valence-corrected chi connectivity index (χ2v) is 1.82. The number of carboxylic acid groups (broad SMARTS) is 1. The maximum absolute atomic E-state index is 10.3. The van der Waals surface area contributed by atoms with Crippen molar-refractivity contribution in [2.24, 2.45) is 0 Å². The first kappa shape index (κ1) is 9.75. The summed E-state index contributed by atoms with van der Waals surface area (Å²) in [5.74, 6) is -0.881. The summed E-state index contributed by atoms with van der Waals surface area (Å²) >= 11 is 0. The number of nitrogens with one attached hydrogen (secondary N) is 1. The Labute approximate surface area is 66.1 Å². The molecule has 1 rings (SSSR count). The molecule has 0 amide bonds. The van der Waals surface area contributed by atoms with Crippen LogP contribution in [0, 0.1) is 6.92 Å². The lowest BCUT2D eigenvalue weighted by atomic mass is 10.3. The number of hydrogen-bond donors (Lipinski definition) is 2. The molecule has 3 heteroatoms. The molecule has 0 aromatic carbocycles. The fourth-order valence-corrected chi connectivity index (χ4v) is 0.684. The molecule has 0 saturated heterocycles. The Kier molecular flexibility index (Phi) is 4.03. The predicted molar refractivity (Wildman–Crippen MR) is 43.8 cm³/mol. The first-order valence-corrected chi connectivity index (χ1v) is 3.59. The highest BCUT2D eigenvalue weighted by molar-refractivity contribution is 5.88. The van der Waals surface area contributed by atoms with Gasteiger partial charge < -0.3 is 10.1 Å². The Hall–Kier alpha value is -1.25. The van der Waals surface area contributed by atoms with Crippen molar-refractivity contribution in [3.05, 3.63) is 23.5 Å². The molecular formula is C8H13NO2. The van der Waals surface area contributed by atoms with Gasteiger partial charge in [-0.3, -0.25) is 0 Å². The van der Waals surface area contributed by atoms with Crippen molar-refractivity contribution in [1.29, 1.82) is 0 Å². The summed E-state index contributed by atoms with van der Waals surface area (Å²) in [5, 5.41) is 8.43. The Morgan fingerprint density at radius 1 is 1.55 bits per heavy atom. The van der Waals surface area contributed by atoms with Gasteiger partial charge >= 0.3 is 5.97 Å². The minimum absolute atomic E-state index is 0.343. The van der Waals surface area contributed by atoms with Crippen LogP contribution in [0.4, 0.5) is 0 Å². The monoisotopic (exact) mass is 155 g/mol. The Bertz CT molecular complexity index is 228. The van der Waals surface area contributed by atoms with Crippen molar-refractivity contribution in [3.8, 4) is 0 Å². The van der Waals surface area contributed by atoms with Crippen LogP contribution in [-0.4, -0.2) is 16.1 Å². The van der Waals surface area contributed by atoms with Gasteiger partial charge in [0.15, 0.2) is 0 Å². The molecule has 0 bridgehead atoms. The zero-order valence-electron chi connectivity index (χ0n) is 7.01. The quantitative estimate of drug-likeness (QED) is 0.652. The Balaban J connectivity index is 0.000000461. The van der Waals surface area contributed by atoms with Gasteiger partial charge in [-0.1, -0.05) is 13.8 Å². The molecule has 0 unspecified atom stereocenters. The van der Waals surface area contributed by atoms with Crippen molar-refractivity contribution in [3.63, 3.8) is 0 Å². The molecule has 0 spiro atoms. The van der Waals surface area contributed by atoms with Crippen LogP contribution in [0.2, 0.25) is 0 Å². The molecule has 0 aliphatic heterocycles. The molecule has 11 heavy (non-hydrogen) atoms. The molecule has 3 nitrogen and oxygen atoms in total. The van der Waals surface area contributed by atoms with Crippen molar-refractivity contribution >= 4 is 5.97 Å². The number of carboxylic acids is 1. The molecule has 0 saturated carbocycles. The van der Waals surface area contributed by atoms with Gasteiger partial charge in [-0.2, -0.15) is 0 Å². The lowest BCUT2D eigenvalue weighted by Crippen LogP contribution is -1.95. The van der Waals surface area contributed by atoms with Crippen LogP contribution in [0.15, 0.2) is 12.3 Å². The minimum Gasteiger partial charge on any atom is -0.478 e. The van der Waals surface area contributed by atoms with Gasteiger partial charge in [-0.25, -0.2) is 4.79 Å². The number of H-pyrrole nitrogens is 1. The van der Waals surface area contributed by atoms with Gasteiger partial charge in [-0.15, -0.1) is 0 Å². The standard InChI is InChI=1S/C6H7NO2.C2H6/c1-4-5(6(8)9)2-3-7-4;1-2/h2-3,7H,1H3,(H,8,9);1-2H3. The van der Waals surface area contributed by atoms with E-state index in [0.29, 0.717) is 11.3 Å². The SMILES string of the molecule is CC.Cc1[nH]ccc1C(=O)O. The number of hydrogen-bond acceptors (Lipinski definition) is 1. The maximum Gasteiger partial charge on any atom is 0.337 e. The molecule has 2 N–H and O–H groups in total. The third-order valence-electron chi connectivity index (χ3n) is 1.18. The van der Waals surface area contributed by atoms with Gasteiger partial charge in [0.05, 0.1) is 5.56 Å². The van der Waals surface area contributed by atoms with E-state index in [4.69, 9.17) is 5.11 Å². The van der Waals surface area contributed by atoms with Crippen LogP contribution in [0.5, 0.6) is 0 Å². The predicted octanol–water partition coefficient (Wildman–Crippen LogP) is 2.05. The second-order valence-electron chi connectivity index (χ2n) is 1.82. The van der Waals surface area contributed by atoms with Crippen molar-refractivity contribution in [2.45, 2.75) is 20.8 Å². The first-order valence-electron chi connectivity index (χ1n) is 3.59. The smallest absolute Gasteiger partial charge is 0.337 e. The minimum atomic E-state index is -0.881. The maximum atomic E-state index is 10.3. The average molecular weight is 155 g/mol. The van der Waals surface area contributed by atoms with Gasteiger partial charge in [0, 0.05) is 11.9 Å². The number of aromatic nitrogens is 1. The summed E-state index contributed by atoms with van der Waals surface area (Å²) in [6.07, 6.45) is 1.61. The fraction of sp³-hybridized carbons (Fsp3) is 0.375. The highest BCUT2D eigenvalue weighted by Crippen LogP contribution is 2.02. The van der Waals surface area contributed by atoms with E-state index < -0.39 is 5.97 Å². The topological polar surface area (TPSA) is 53.1 Å². The summed E-state index contributed by atoms with van der Waals surface area (Å²) in [4.78, 5) is 13.0. The molecule has 1 aromatic heterocycles. The Morgan fingerprint density at radius 3 is 2.27 bits per heavy atom. The number of rotatable bonds is 1. The lowest BCUT2D eigenvalue weighted by Gasteiger charge is -1.87. The second kappa shape index (κ2) is 4.55. The molecule has 0 fully saturated rings. The summed E-state index contributed by atoms with van der Waals surface area (Å²) in [5.41, 5.74) is 1.04. The van der Waals surface area contributed by atoms with Crippen molar-refractivity contribution in [1.82, 2.24) is 4.98 Å². The van der Waals surface area contributed by atoms with Crippen LogP contribution < -0.4 is 0 Å². The third-order valence-corrected chi connectivity index (χ3v) is 1.18. The fourth-order valence-electron chi connectivity index (χ4n) is 0.684. The first-order chi connectivity index (χ1) is 5.22. The van der Waals surface area contributed by atoms with E-state index in [2.05, 4.69) is 4.98 Å². The van der Waals surface area contributed by atoms with Crippen LogP contribution >= 0.6 is 0 Å². The Morgan fingerprint density at radius 2 is 2.09 bits per heavy atom. The molecule has 0 aliphatic rings. The van der Waals surface area contributed by atoms with Gasteiger partial charge in [0.1, 0.15) is 0 Å². The number of aryl methyl sites for hydroxylation is 1. The van der Waals surface area contributed by atoms with E-state index >= 15 is 0 Å². The summed E-state index contributed by atoms with van der Waals surface area (Å²) in [6, 6.07) is 1.54. The van der Waals surface area contributed by atoms with Gasteiger partial charge in [0.25, 0.3) is 0 Å². The molecule has 1 aromatic rings. The van der Waals surface area contributed by atoms with E-state index in [9.17, 15) is 4.79 Å². The summed E-state index contributed by atoms with van der Waals surface area (Å²) in [7, 11) is 0. The normalized spacial score (nSPS) is 8.27. The van der Waals surface area contributed by atoms with E-state index in [1.54, 1.807) is 13.1 Å². The van der Waals surface area contributed by atoms with E-state index in [0.717, 1.165) is 0 Å². The number of aromatic amines is 1. The van der Waals surface area contributed by atoms with Crippen LogP contribution in [-0.2, 0) is 0 Å². The van der Waals surface area contributed by atoms with Crippen LogP contribution in [0.1, 0.15) is 29.9 Å². The summed E-state index contributed by atoms with van der Waals surface area (Å²) < 4.78 is 0. The van der Waals surface area contributed by atoms with Gasteiger partial charge in [0.2, 0.25) is 0 Å². The average Bonchev–Trinajstić information content (AvgIpc) is 2.39. The molecule has 62 valence electrons. The molecule has 1 heterocycles. The largest absolute Gasteiger partial charge is 0.478 e. The van der Waals surface area contributed by atoms with E-state index in [-0.39, 0.29) is 0 Å². The number of aromatic carboxylic acids is 1. The number of carbonyl (C=O) groups is 1. The van der Waals surface area contributed by atoms with E-state index in [1.165, 1.54) is 6.07 Å². The lowest BCUT2D eigenvalue weighted by molar-refractivity contribution is 0.0696. The van der Waals surface area contributed by atoms with Crippen molar-refractivity contribution in [2.75, 3.05) is 0 Å².